The predicted molar refractivity (Wildman–Crippen MR) is 97.4 cm³/mol. The average Bonchev–Trinajstić information content (AvgIpc) is 2.81. The Morgan fingerprint density at radius 2 is 2.12 bits per heavy atom. The van der Waals surface area contributed by atoms with E-state index in [9.17, 15) is 9.59 Å². The normalized spacial score (nSPS) is 35.8. The summed E-state index contributed by atoms with van der Waals surface area (Å²) < 4.78 is 16.2. The molecule has 2 fully saturated rings. The van der Waals surface area contributed by atoms with Crippen molar-refractivity contribution < 1.29 is 23.8 Å². The molecule has 0 radical (unpaired) electrons. The number of ether oxygens (including phenoxy) is 3. The molecule has 0 spiro atoms. The zero-order chi connectivity index (χ0) is 18.9. The van der Waals surface area contributed by atoms with Crippen LogP contribution in [-0.2, 0) is 19.0 Å². The molecule has 0 aromatic rings. The maximum atomic E-state index is 12.1. The third kappa shape index (κ3) is 3.31. The van der Waals surface area contributed by atoms with Gasteiger partial charge in [-0.3, -0.25) is 0 Å². The highest BCUT2D eigenvalue weighted by Crippen LogP contribution is 2.51. The van der Waals surface area contributed by atoms with Gasteiger partial charge in [-0.1, -0.05) is 38.2 Å². The van der Waals surface area contributed by atoms with E-state index in [-0.39, 0.29) is 18.0 Å². The summed E-state index contributed by atoms with van der Waals surface area (Å²) >= 11 is 0. The van der Waals surface area contributed by atoms with Crippen LogP contribution in [0, 0.1) is 11.8 Å². The van der Waals surface area contributed by atoms with Gasteiger partial charge < -0.3 is 14.2 Å². The molecule has 1 saturated heterocycles. The molecule has 1 aliphatic heterocycles. The summed E-state index contributed by atoms with van der Waals surface area (Å²) in [6, 6.07) is 0. The Morgan fingerprint density at radius 1 is 1.35 bits per heavy atom. The quantitative estimate of drug-likeness (QED) is 0.536. The first-order chi connectivity index (χ1) is 12.4. The van der Waals surface area contributed by atoms with Crippen molar-refractivity contribution in [2.45, 2.75) is 64.1 Å². The van der Waals surface area contributed by atoms with Crippen LogP contribution in [0.2, 0.25) is 0 Å². The number of carbonyl (C=O) groups excluding carboxylic acids is 2. The SMILES string of the molecule is C=C1CC/C=C(/C(=O)OC)CC/C(C(C)C)=C/[C@H]2[C@@H]3CC[C@]12OC(=O)O3. The van der Waals surface area contributed by atoms with Crippen LogP contribution in [0.1, 0.15) is 52.4 Å². The van der Waals surface area contributed by atoms with Crippen LogP contribution < -0.4 is 0 Å². The second kappa shape index (κ2) is 7.29. The minimum absolute atomic E-state index is 0.00947. The van der Waals surface area contributed by atoms with Gasteiger partial charge in [-0.05, 0) is 50.0 Å². The van der Waals surface area contributed by atoms with Gasteiger partial charge in [-0.25, -0.2) is 9.59 Å². The highest BCUT2D eigenvalue weighted by Gasteiger charge is 2.57. The smallest absolute Gasteiger partial charge is 0.466 e. The largest absolute Gasteiger partial charge is 0.509 e. The predicted octanol–water partition coefficient (Wildman–Crippen LogP) is 4.48. The lowest BCUT2D eigenvalue weighted by molar-refractivity contribution is -0.136. The molecule has 0 aromatic heterocycles. The van der Waals surface area contributed by atoms with Gasteiger partial charge in [-0.15, -0.1) is 0 Å². The first kappa shape index (κ1) is 18.7. The van der Waals surface area contributed by atoms with Crippen LogP contribution in [0.5, 0.6) is 0 Å². The molecular formula is C21H28O5. The Labute approximate surface area is 155 Å². The molecular weight excluding hydrogens is 332 g/mol. The van der Waals surface area contributed by atoms with E-state index >= 15 is 0 Å². The highest BCUT2D eigenvalue weighted by molar-refractivity contribution is 5.88. The third-order valence-corrected chi connectivity index (χ3v) is 5.95. The average molecular weight is 360 g/mol. The van der Waals surface area contributed by atoms with Crippen LogP contribution in [0.15, 0.2) is 35.5 Å². The molecule has 1 saturated carbocycles. The molecule has 2 bridgehead atoms. The van der Waals surface area contributed by atoms with Gasteiger partial charge in [-0.2, -0.15) is 0 Å². The number of hydrogen-bond acceptors (Lipinski definition) is 5. The third-order valence-electron chi connectivity index (χ3n) is 5.95. The molecule has 0 unspecified atom stereocenters. The van der Waals surface area contributed by atoms with Crippen LogP contribution in [0.4, 0.5) is 4.79 Å². The van der Waals surface area contributed by atoms with Crippen molar-refractivity contribution in [3.8, 4) is 0 Å². The minimum atomic E-state index is -0.677. The van der Waals surface area contributed by atoms with E-state index in [1.165, 1.54) is 12.7 Å². The molecule has 3 aliphatic rings. The van der Waals surface area contributed by atoms with Crippen LogP contribution in [0.25, 0.3) is 0 Å². The first-order valence-corrected chi connectivity index (χ1v) is 9.43. The van der Waals surface area contributed by atoms with Crippen LogP contribution in [-0.4, -0.2) is 30.9 Å². The van der Waals surface area contributed by atoms with E-state index in [1.54, 1.807) is 0 Å². The lowest BCUT2D eigenvalue weighted by atomic mass is 9.79. The summed E-state index contributed by atoms with van der Waals surface area (Å²) in [5.74, 6) is 0.0478. The van der Waals surface area contributed by atoms with E-state index in [2.05, 4.69) is 26.5 Å². The van der Waals surface area contributed by atoms with Gasteiger partial charge in [0.25, 0.3) is 0 Å². The van der Waals surface area contributed by atoms with Gasteiger partial charge in [0.15, 0.2) is 0 Å². The van der Waals surface area contributed by atoms with Gasteiger partial charge in [0.1, 0.15) is 11.7 Å². The fourth-order valence-electron chi connectivity index (χ4n) is 4.40. The zero-order valence-corrected chi connectivity index (χ0v) is 15.9. The van der Waals surface area contributed by atoms with E-state index in [0.29, 0.717) is 30.8 Å². The summed E-state index contributed by atoms with van der Waals surface area (Å²) in [7, 11) is 1.41. The summed E-state index contributed by atoms with van der Waals surface area (Å²) in [5, 5.41) is 0. The fourth-order valence-corrected chi connectivity index (χ4v) is 4.40. The minimum Gasteiger partial charge on any atom is -0.466 e. The molecule has 0 amide bonds. The number of carbonyl (C=O) groups is 2. The van der Waals surface area contributed by atoms with E-state index in [1.807, 2.05) is 6.08 Å². The molecule has 142 valence electrons. The molecule has 0 N–H and O–H groups in total. The van der Waals surface area contributed by atoms with Crippen molar-refractivity contribution in [2.75, 3.05) is 7.11 Å². The van der Waals surface area contributed by atoms with E-state index in [0.717, 1.165) is 24.8 Å². The number of rotatable bonds is 2. The molecule has 26 heavy (non-hydrogen) atoms. The van der Waals surface area contributed by atoms with E-state index in [4.69, 9.17) is 14.2 Å². The highest BCUT2D eigenvalue weighted by atomic mass is 16.7. The topological polar surface area (TPSA) is 61.8 Å². The second-order valence-corrected chi connectivity index (χ2v) is 7.72. The molecule has 2 aliphatic carbocycles. The fraction of sp³-hybridized carbons (Fsp3) is 0.619. The monoisotopic (exact) mass is 360 g/mol. The van der Waals surface area contributed by atoms with Crippen molar-refractivity contribution in [1.82, 2.24) is 0 Å². The molecule has 3 atom stereocenters. The summed E-state index contributed by atoms with van der Waals surface area (Å²) in [6.07, 6.45) is 7.72. The van der Waals surface area contributed by atoms with E-state index < -0.39 is 11.8 Å². The van der Waals surface area contributed by atoms with Crippen molar-refractivity contribution in [3.63, 3.8) is 0 Å². The lowest BCUT2D eigenvalue weighted by Gasteiger charge is -2.40. The van der Waals surface area contributed by atoms with Gasteiger partial charge >= 0.3 is 12.1 Å². The second-order valence-electron chi connectivity index (χ2n) is 7.72. The first-order valence-electron chi connectivity index (χ1n) is 9.43. The number of hydrogen-bond donors (Lipinski definition) is 0. The Bertz CT molecular complexity index is 672. The zero-order valence-electron chi connectivity index (χ0n) is 15.9. The maximum absolute atomic E-state index is 12.1. The number of esters is 1. The summed E-state index contributed by atoms with van der Waals surface area (Å²) in [6.45, 7) is 8.55. The summed E-state index contributed by atoms with van der Waals surface area (Å²) in [5.41, 5.74) is 2.18. The van der Waals surface area contributed by atoms with Crippen LogP contribution >= 0.6 is 0 Å². The van der Waals surface area contributed by atoms with Crippen molar-refractivity contribution >= 4 is 12.1 Å². The maximum Gasteiger partial charge on any atom is 0.509 e. The van der Waals surface area contributed by atoms with Gasteiger partial charge in [0.05, 0.1) is 13.0 Å². The Kier molecular flexibility index (Phi) is 5.26. The molecule has 3 rings (SSSR count). The van der Waals surface area contributed by atoms with Gasteiger partial charge in [0, 0.05) is 5.57 Å². The van der Waals surface area contributed by atoms with Crippen molar-refractivity contribution in [3.05, 3.63) is 35.5 Å². The van der Waals surface area contributed by atoms with Crippen molar-refractivity contribution in [2.24, 2.45) is 11.8 Å². The van der Waals surface area contributed by atoms with Crippen LogP contribution in [0.3, 0.4) is 0 Å². The molecule has 5 heteroatoms. The molecule has 1 heterocycles. The Balaban J connectivity index is 2.00. The van der Waals surface area contributed by atoms with Gasteiger partial charge in [0.2, 0.25) is 0 Å². The Morgan fingerprint density at radius 3 is 2.81 bits per heavy atom. The Hall–Kier alpha value is -2.04. The molecule has 5 nitrogen and oxygen atoms in total. The van der Waals surface area contributed by atoms with Crippen molar-refractivity contribution in [1.29, 1.82) is 0 Å². The standard InChI is InChI=1S/C21H28O5/c1-13(2)16-9-8-15(19(22)24-4)7-5-6-14(3)21-11-10-18(17(21)12-16)25-20(23)26-21/h7,12-13,17-18H,3,5-6,8-11H2,1-2,4H3/b15-7+,16-12-/t17-,18-,21-/m0/s1. The number of methoxy groups -OCH3 is 1. The lowest BCUT2D eigenvalue weighted by Crippen LogP contribution is -2.48. The molecule has 0 aromatic carbocycles. The number of allylic oxidation sites excluding steroid dienone is 2. The summed E-state index contributed by atoms with van der Waals surface area (Å²) in [4.78, 5) is 24.0.